The van der Waals surface area contributed by atoms with Crippen LogP contribution in [0.3, 0.4) is 0 Å². The number of anilines is 1. The third-order valence-electron chi connectivity index (χ3n) is 6.11. The lowest BCUT2D eigenvalue weighted by Crippen LogP contribution is -2.33. The summed E-state index contributed by atoms with van der Waals surface area (Å²) in [6, 6.07) is 15.7. The molecule has 1 aliphatic heterocycles. The van der Waals surface area contributed by atoms with Gasteiger partial charge in [-0.25, -0.2) is 4.98 Å². The van der Waals surface area contributed by atoms with E-state index in [1.807, 2.05) is 36.4 Å². The van der Waals surface area contributed by atoms with Gasteiger partial charge in [0.2, 0.25) is 11.7 Å². The van der Waals surface area contributed by atoms with Crippen molar-refractivity contribution in [3.05, 3.63) is 54.4 Å². The lowest BCUT2D eigenvalue weighted by atomic mass is 9.96. The molecule has 2 aromatic carbocycles. The van der Waals surface area contributed by atoms with Crippen molar-refractivity contribution >= 4 is 16.7 Å². The van der Waals surface area contributed by atoms with Gasteiger partial charge in [-0.3, -0.25) is 0 Å². The van der Waals surface area contributed by atoms with Crippen molar-refractivity contribution in [1.82, 2.24) is 15.1 Å². The highest BCUT2D eigenvalue weighted by atomic mass is 16.5. The van der Waals surface area contributed by atoms with E-state index in [1.54, 1.807) is 21.3 Å². The zero-order valence-electron chi connectivity index (χ0n) is 18.9. The monoisotopic (exact) mass is 446 g/mol. The van der Waals surface area contributed by atoms with Gasteiger partial charge in [-0.2, -0.15) is 4.98 Å². The Balaban J connectivity index is 1.30. The van der Waals surface area contributed by atoms with Crippen molar-refractivity contribution in [1.29, 1.82) is 0 Å². The molecule has 0 atom stereocenters. The summed E-state index contributed by atoms with van der Waals surface area (Å²) < 4.78 is 21.8. The quantitative estimate of drug-likeness (QED) is 0.422. The minimum atomic E-state index is 0.213. The molecule has 1 fully saturated rings. The van der Waals surface area contributed by atoms with Crippen LogP contribution in [0.1, 0.15) is 24.7 Å². The van der Waals surface area contributed by atoms with E-state index < -0.39 is 0 Å². The Morgan fingerprint density at radius 3 is 2.33 bits per heavy atom. The Morgan fingerprint density at radius 1 is 0.879 bits per heavy atom. The minimum Gasteiger partial charge on any atom is -0.497 e. The number of pyridine rings is 1. The summed E-state index contributed by atoms with van der Waals surface area (Å²) in [5, 5.41) is 5.28. The Morgan fingerprint density at radius 2 is 1.64 bits per heavy atom. The van der Waals surface area contributed by atoms with Gasteiger partial charge >= 0.3 is 0 Å². The van der Waals surface area contributed by atoms with Crippen LogP contribution >= 0.6 is 0 Å². The van der Waals surface area contributed by atoms with Crippen LogP contribution in [0.2, 0.25) is 0 Å². The Labute approximate surface area is 192 Å². The number of rotatable bonds is 6. The predicted molar refractivity (Wildman–Crippen MR) is 125 cm³/mol. The van der Waals surface area contributed by atoms with Gasteiger partial charge in [0.25, 0.3) is 0 Å². The molecule has 8 nitrogen and oxygen atoms in total. The number of benzene rings is 2. The van der Waals surface area contributed by atoms with Gasteiger partial charge < -0.3 is 23.6 Å². The first kappa shape index (κ1) is 21.1. The third-order valence-corrected chi connectivity index (χ3v) is 6.11. The van der Waals surface area contributed by atoms with E-state index >= 15 is 0 Å². The molecule has 0 saturated carbocycles. The Kier molecular flexibility index (Phi) is 5.73. The number of hydrogen-bond acceptors (Lipinski definition) is 8. The van der Waals surface area contributed by atoms with Crippen molar-refractivity contribution in [2.24, 2.45) is 0 Å². The molecular formula is C25H26N4O4. The van der Waals surface area contributed by atoms with E-state index in [0.717, 1.165) is 54.0 Å². The Bertz CT molecular complexity index is 1240. The van der Waals surface area contributed by atoms with Crippen molar-refractivity contribution in [2.75, 3.05) is 39.3 Å². The smallest absolute Gasteiger partial charge is 0.230 e. The summed E-state index contributed by atoms with van der Waals surface area (Å²) in [6.45, 7) is 1.73. The van der Waals surface area contributed by atoms with Gasteiger partial charge in [-0.15, -0.1) is 0 Å². The summed E-state index contributed by atoms with van der Waals surface area (Å²) in [5.74, 6) is 4.53. The highest BCUT2D eigenvalue weighted by molar-refractivity contribution is 5.86. The topological polar surface area (TPSA) is 82.7 Å². The largest absolute Gasteiger partial charge is 0.497 e. The first-order valence-electron chi connectivity index (χ1n) is 10.9. The van der Waals surface area contributed by atoms with E-state index in [-0.39, 0.29) is 5.92 Å². The van der Waals surface area contributed by atoms with Crippen LogP contribution in [0.25, 0.3) is 22.3 Å². The van der Waals surface area contributed by atoms with E-state index in [9.17, 15) is 0 Å². The summed E-state index contributed by atoms with van der Waals surface area (Å²) in [6.07, 6.45) is 1.82. The average Bonchev–Trinajstić information content (AvgIpc) is 3.38. The van der Waals surface area contributed by atoms with Gasteiger partial charge in [0, 0.05) is 36.0 Å². The van der Waals surface area contributed by atoms with Crippen LogP contribution in [-0.4, -0.2) is 49.5 Å². The lowest BCUT2D eigenvalue weighted by Gasteiger charge is -2.31. The fraction of sp³-hybridized carbons (Fsp3) is 0.320. The maximum atomic E-state index is 5.64. The number of nitrogens with zero attached hydrogens (tertiary/aromatic N) is 4. The molecule has 0 aliphatic carbocycles. The summed E-state index contributed by atoms with van der Waals surface area (Å²) in [5.41, 5.74) is 1.68. The average molecular weight is 447 g/mol. The molecule has 1 aliphatic rings. The summed E-state index contributed by atoms with van der Waals surface area (Å²) >= 11 is 0. The molecular weight excluding hydrogens is 420 g/mol. The van der Waals surface area contributed by atoms with Gasteiger partial charge in [0.15, 0.2) is 0 Å². The third kappa shape index (κ3) is 4.16. The van der Waals surface area contributed by atoms with Gasteiger partial charge in [0.05, 0.1) is 21.3 Å². The van der Waals surface area contributed by atoms with Gasteiger partial charge in [0.1, 0.15) is 28.6 Å². The molecule has 170 valence electrons. The number of hydrogen-bond donors (Lipinski definition) is 0. The molecule has 0 N–H and O–H groups in total. The molecule has 8 heteroatoms. The lowest BCUT2D eigenvalue weighted by molar-refractivity contribution is 0.329. The zero-order valence-corrected chi connectivity index (χ0v) is 18.9. The van der Waals surface area contributed by atoms with E-state index in [2.05, 4.69) is 27.2 Å². The van der Waals surface area contributed by atoms with Crippen LogP contribution in [0.4, 0.5) is 5.82 Å². The second-order valence-corrected chi connectivity index (χ2v) is 8.02. The number of piperidine rings is 1. The van der Waals surface area contributed by atoms with Crippen LogP contribution < -0.4 is 19.1 Å². The number of ether oxygens (including phenoxy) is 3. The van der Waals surface area contributed by atoms with Crippen LogP contribution in [0, 0.1) is 0 Å². The second-order valence-electron chi connectivity index (χ2n) is 8.02. The fourth-order valence-corrected chi connectivity index (χ4v) is 4.26. The molecule has 0 amide bonds. The van der Waals surface area contributed by atoms with Gasteiger partial charge in [-0.05, 0) is 43.2 Å². The highest BCUT2D eigenvalue weighted by Gasteiger charge is 2.26. The van der Waals surface area contributed by atoms with Crippen molar-refractivity contribution < 1.29 is 18.7 Å². The van der Waals surface area contributed by atoms with Crippen molar-refractivity contribution in [2.45, 2.75) is 18.8 Å². The van der Waals surface area contributed by atoms with E-state index in [0.29, 0.717) is 23.2 Å². The Hall–Kier alpha value is -3.81. The molecule has 0 spiro atoms. The molecule has 0 bridgehead atoms. The minimum absolute atomic E-state index is 0.213. The molecule has 0 radical (unpaired) electrons. The molecule has 2 aromatic heterocycles. The van der Waals surface area contributed by atoms with Crippen molar-refractivity contribution in [3.63, 3.8) is 0 Å². The maximum absolute atomic E-state index is 5.64. The number of fused-ring (bicyclic) bond motifs is 1. The molecule has 4 aromatic rings. The molecule has 0 unspecified atom stereocenters. The van der Waals surface area contributed by atoms with Crippen LogP contribution in [0.5, 0.6) is 17.2 Å². The molecule has 33 heavy (non-hydrogen) atoms. The van der Waals surface area contributed by atoms with Crippen molar-refractivity contribution in [3.8, 4) is 28.6 Å². The van der Waals surface area contributed by atoms with E-state index in [1.165, 1.54) is 0 Å². The first-order chi connectivity index (χ1) is 16.2. The number of aromatic nitrogens is 3. The number of methoxy groups -OCH3 is 3. The summed E-state index contributed by atoms with van der Waals surface area (Å²) in [4.78, 5) is 11.8. The van der Waals surface area contributed by atoms with E-state index in [4.69, 9.17) is 23.7 Å². The highest BCUT2D eigenvalue weighted by Crippen LogP contribution is 2.33. The van der Waals surface area contributed by atoms with Gasteiger partial charge in [-0.1, -0.05) is 17.3 Å². The first-order valence-corrected chi connectivity index (χ1v) is 10.9. The molecule has 3 heterocycles. The maximum Gasteiger partial charge on any atom is 0.230 e. The van der Waals surface area contributed by atoms with Crippen LogP contribution in [0.15, 0.2) is 53.1 Å². The number of para-hydroxylation sites is 1. The normalized spacial score (nSPS) is 14.5. The standard InChI is InChI=1S/C25H26N4O4/c1-30-19-13-18(14-20(15-19)31-2)24-27-25(33-28-24)17-9-11-29(12-10-17)22-8-7-16-5-4-6-21(32-3)23(16)26-22/h4-8,13-15,17H,9-12H2,1-3H3. The molecule has 1 saturated heterocycles. The van der Waals surface area contributed by atoms with Crippen LogP contribution in [-0.2, 0) is 0 Å². The fourth-order valence-electron chi connectivity index (χ4n) is 4.26. The SMILES string of the molecule is COc1cc(OC)cc(-c2noc(C3CCN(c4ccc5cccc(OC)c5n4)CC3)n2)c1. The summed E-state index contributed by atoms with van der Waals surface area (Å²) in [7, 11) is 4.91. The molecule has 5 rings (SSSR count). The zero-order chi connectivity index (χ0) is 22.8. The second kappa shape index (κ2) is 8.97. The predicted octanol–water partition coefficient (Wildman–Crippen LogP) is 4.69.